The molecule has 6 rings (SSSR count). The third-order valence-corrected chi connectivity index (χ3v) is 15.3. The maximum absolute atomic E-state index is 12.8. The second-order valence-corrected chi connectivity index (χ2v) is 22.3. The van der Waals surface area contributed by atoms with Gasteiger partial charge < -0.3 is 9.47 Å². The van der Waals surface area contributed by atoms with Gasteiger partial charge in [-0.05, 0) is 127 Å². The van der Waals surface area contributed by atoms with Crippen LogP contribution >= 0.6 is 11.4 Å². The van der Waals surface area contributed by atoms with Crippen molar-refractivity contribution in [3.63, 3.8) is 0 Å². The van der Waals surface area contributed by atoms with Crippen molar-refractivity contribution in [3.8, 4) is 45.8 Å². The maximum atomic E-state index is 12.8. The van der Waals surface area contributed by atoms with Crippen molar-refractivity contribution in [2.75, 3.05) is 24.6 Å². The Morgan fingerprint density at radius 1 is 0.611 bits per heavy atom. The highest BCUT2D eigenvalue weighted by atomic mass is 32.3. The van der Waals surface area contributed by atoms with E-state index in [1.807, 2.05) is 96.1 Å². The summed E-state index contributed by atoms with van der Waals surface area (Å²) in [5.41, 5.74) is 3.60. The standard InChI is InChI=1S/C23H27F2N3O3S.C23H27N3O4S.C4H10F3NS/c1-5-28-21(31-19-12-10-16(11-13-19)22(24)25)15-20(26-28)17-8-7-9-18(14-17)23(3,4)27-32(29,30)6-2;1-5-26-22(30-20-12-10-17(16-27)11-13-20)15-21(24-26)18-8-7-9-19(14-18)23(3,4)25-31(28,29)6-2;1-3-8(4-2)9(5,6)7/h7-15,22,27H,5-6H2,1-4H3;7-16,25H,5-6H2,1-4H3;3-4H2,1-2H3. The highest BCUT2D eigenvalue weighted by Crippen LogP contribution is 2.56. The van der Waals surface area contributed by atoms with Crippen molar-refractivity contribution >= 4 is 37.7 Å². The van der Waals surface area contributed by atoms with Gasteiger partial charge in [-0.25, -0.2) is 44.4 Å². The number of aldehydes is 1. The highest BCUT2D eigenvalue weighted by Gasteiger charge is 2.29. The number of sulfonamides is 2. The predicted molar refractivity (Wildman–Crippen MR) is 275 cm³/mol. The number of aromatic nitrogens is 4. The van der Waals surface area contributed by atoms with Gasteiger partial charge >= 0.3 is 0 Å². The predicted octanol–water partition coefficient (Wildman–Crippen LogP) is 12.5. The number of nitrogens with zero attached hydrogens (tertiary/aromatic N) is 5. The Kier molecular flexibility index (Phi) is 20.7. The lowest BCUT2D eigenvalue weighted by molar-refractivity contribution is 0.112. The number of ether oxygens (including phenoxy) is 2. The Bertz CT molecular complexity index is 2920. The SMILES string of the molecule is CCN(CC)S(F)(F)F.CCn1nc(-c2cccc(C(C)(C)NS(=O)(=O)CC)c2)cc1Oc1ccc(C(F)F)cc1.CCn1nc(-c2cccc(C(C)(C)NS(=O)(=O)CC)c2)cc1Oc1ccc(C=O)cc1. The number of hydrogen-bond donors (Lipinski definition) is 2. The number of halogens is 5. The van der Waals surface area contributed by atoms with Crippen LogP contribution in [-0.4, -0.2) is 71.6 Å². The van der Waals surface area contributed by atoms with Crippen molar-refractivity contribution in [1.29, 1.82) is 0 Å². The van der Waals surface area contributed by atoms with E-state index in [0.717, 1.165) is 34.2 Å². The van der Waals surface area contributed by atoms with E-state index in [1.54, 1.807) is 53.5 Å². The first kappa shape index (κ1) is 58.9. The summed E-state index contributed by atoms with van der Waals surface area (Å²) >= 11 is -4.93. The number of benzene rings is 4. The topological polar surface area (TPSA) is 167 Å². The number of hydrogen-bond acceptors (Lipinski definition) is 10. The molecule has 72 heavy (non-hydrogen) atoms. The summed E-state index contributed by atoms with van der Waals surface area (Å²) < 4.78 is 130. The van der Waals surface area contributed by atoms with Gasteiger partial charge in [0.1, 0.15) is 17.8 Å². The molecule has 0 bridgehead atoms. The molecule has 0 aliphatic rings. The fourth-order valence-corrected chi connectivity index (χ4v) is 9.59. The molecule has 0 unspecified atom stereocenters. The van der Waals surface area contributed by atoms with Gasteiger partial charge in [-0.3, -0.25) is 4.79 Å². The van der Waals surface area contributed by atoms with E-state index in [9.17, 15) is 42.1 Å². The summed E-state index contributed by atoms with van der Waals surface area (Å²) in [4.78, 5) is 10.8. The van der Waals surface area contributed by atoms with Crippen LogP contribution in [0.1, 0.15) is 103 Å². The van der Waals surface area contributed by atoms with E-state index in [1.165, 1.54) is 38.1 Å². The lowest BCUT2D eigenvalue weighted by atomic mass is 9.93. The third-order valence-electron chi connectivity index (χ3n) is 11.0. The fourth-order valence-electron chi connectivity index (χ4n) is 6.93. The van der Waals surface area contributed by atoms with Crippen LogP contribution < -0.4 is 18.9 Å². The molecule has 0 spiro atoms. The Morgan fingerprint density at radius 3 is 1.31 bits per heavy atom. The van der Waals surface area contributed by atoms with Gasteiger partial charge in [-0.1, -0.05) is 50.2 Å². The fraction of sp³-hybridized carbons (Fsp3) is 0.380. The van der Waals surface area contributed by atoms with Gasteiger partial charge in [0.25, 0.3) is 17.8 Å². The van der Waals surface area contributed by atoms with Crippen molar-refractivity contribution in [2.45, 2.75) is 99.8 Å². The largest absolute Gasteiger partial charge is 0.439 e. The number of alkyl halides is 2. The second kappa shape index (κ2) is 25.3. The summed E-state index contributed by atoms with van der Waals surface area (Å²) in [6, 6.07) is 31.3. The van der Waals surface area contributed by atoms with Gasteiger partial charge in [0.2, 0.25) is 31.8 Å². The van der Waals surface area contributed by atoms with Gasteiger partial charge in [0.05, 0.1) is 34.0 Å². The van der Waals surface area contributed by atoms with Gasteiger partial charge in [0, 0.05) is 60.6 Å². The zero-order chi connectivity index (χ0) is 53.7. The Morgan fingerprint density at radius 2 is 1.00 bits per heavy atom. The summed E-state index contributed by atoms with van der Waals surface area (Å²) in [5, 5.41) is 9.23. The summed E-state index contributed by atoms with van der Waals surface area (Å²) in [7, 11) is -6.75. The van der Waals surface area contributed by atoms with Crippen LogP contribution in [0.5, 0.6) is 23.3 Å². The lowest BCUT2D eigenvalue weighted by Crippen LogP contribution is -2.41. The average Bonchev–Trinajstić information content (AvgIpc) is 3.95. The normalized spacial score (nSPS) is 12.5. The molecule has 0 saturated carbocycles. The number of carbonyl (C=O) groups excluding carboxylic acids is 1. The van der Waals surface area contributed by atoms with Crippen LogP contribution in [0.3, 0.4) is 0 Å². The molecule has 2 aromatic heterocycles. The van der Waals surface area contributed by atoms with E-state index in [0.29, 0.717) is 51.9 Å². The molecular formula is C50H64F5N7O7S3. The zero-order valence-electron chi connectivity index (χ0n) is 42.0. The van der Waals surface area contributed by atoms with Crippen LogP contribution in [0.4, 0.5) is 20.4 Å². The number of nitrogens with one attached hydrogen (secondary N) is 2. The van der Waals surface area contributed by atoms with Crippen molar-refractivity contribution < 1.29 is 51.5 Å². The minimum Gasteiger partial charge on any atom is -0.439 e. The lowest BCUT2D eigenvalue weighted by Gasteiger charge is -2.26. The molecule has 4 aromatic carbocycles. The van der Waals surface area contributed by atoms with E-state index >= 15 is 0 Å². The first-order valence-corrected chi connectivity index (χ1v) is 27.7. The molecule has 0 aliphatic carbocycles. The smallest absolute Gasteiger partial charge is 0.278 e. The van der Waals surface area contributed by atoms with Gasteiger partial charge in [0.15, 0.2) is 0 Å². The van der Waals surface area contributed by atoms with Crippen molar-refractivity contribution in [3.05, 3.63) is 131 Å². The minimum atomic E-state index is -4.93. The van der Waals surface area contributed by atoms with Crippen molar-refractivity contribution in [1.82, 2.24) is 33.3 Å². The minimum absolute atomic E-state index is 0.00395. The quantitative estimate of drug-likeness (QED) is 0.0523. The third kappa shape index (κ3) is 16.7. The molecule has 0 atom stereocenters. The van der Waals surface area contributed by atoms with Crippen molar-refractivity contribution in [2.24, 2.45) is 0 Å². The Balaban J connectivity index is 0.000000267. The molecule has 6 aromatic rings. The number of carbonyl (C=O) groups is 1. The first-order valence-electron chi connectivity index (χ1n) is 23.1. The van der Waals surface area contributed by atoms with E-state index in [4.69, 9.17) is 9.47 Å². The molecule has 22 heteroatoms. The molecule has 14 nitrogen and oxygen atoms in total. The monoisotopic (exact) mass is 1070 g/mol. The Hall–Kier alpha value is -5.65. The molecule has 0 radical (unpaired) electrons. The molecule has 0 saturated heterocycles. The molecular weight excluding hydrogens is 1000 g/mol. The first-order chi connectivity index (χ1) is 33.7. The van der Waals surface area contributed by atoms with Crippen LogP contribution in [0.2, 0.25) is 0 Å². The summed E-state index contributed by atoms with van der Waals surface area (Å²) in [6.07, 6.45) is -1.75. The Labute approximate surface area is 422 Å². The van der Waals surface area contributed by atoms with Gasteiger partial charge in [-0.15, -0.1) is 11.7 Å². The molecule has 0 amide bonds. The van der Waals surface area contributed by atoms with Crippen LogP contribution in [0.15, 0.2) is 109 Å². The molecule has 0 aliphatic heterocycles. The highest BCUT2D eigenvalue weighted by molar-refractivity contribution is 8.18. The van der Waals surface area contributed by atoms with Crippen LogP contribution in [0.25, 0.3) is 22.5 Å². The number of rotatable bonds is 21. The summed E-state index contributed by atoms with van der Waals surface area (Å²) in [6.45, 7) is 18.7. The number of aryl methyl sites for hydroxylation is 2. The zero-order valence-corrected chi connectivity index (χ0v) is 44.4. The summed E-state index contributed by atoms with van der Waals surface area (Å²) in [5.74, 6) is 2.10. The second-order valence-electron chi connectivity index (χ2n) is 17.0. The molecule has 394 valence electrons. The molecule has 0 fully saturated rings. The van der Waals surface area contributed by atoms with E-state index in [-0.39, 0.29) is 30.2 Å². The molecule has 2 N–H and O–H groups in total. The van der Waals surface area contributed by atoms with E-state index in [2.05, 4.69) is 19.6 Å². The molecule has 2 heterocycles. The van der Waals surface area contributed by atoms with Crippen LogP contribution in [0, 0.1) is 0 Å². The van der Waals surface area contributed by atoms with Crippen LogP contribution in [-0.2, 0) is 44.2 Å². The van der Waals surface area contributed by atoms with E-state index < -0.39 is 48.9 Å². The van der Waals surface area contributed by atoms with Gasteiger partial charge in [-0.2, -0.15) is 14.5 Å². The maximum Gasteiger partial charge on any atom is 0.278 e. The average molecular weight is 1070 g/mol.